The van der Waals surface area contributed by atoms with Gasteiger partial charge in [-0.05, 0) is 12.8 Å². The third-order valence-electron chi connectivity index (χ3n) is 4.18. The molecule has 3 heterocycles. The van der Waals surface area contributed by atoms with E-state index < -0.39 is 5.92 Å². The molecule has 4 rings (SSSR count). The molecule has 0 radical (unpaired) electrons. The summed E-state index contributed by atoms with van der Waals surface area (Å²) in [7, 11) is 0. The van der Waals surface area contributed by atoms with Gasteiger partial charge in [0.2, 0.25) is 5.91 Å². The van der Waals surface area contributed by atoms with Crippen molar-refractivity contribution in [3.8, 4) is 5.82 Å². The standard InChI is InChI=1S/C17H16F2N6O/c1-9(26)23-14-5-12-11(7-20-14)16(10-3-4-10)24-25(12)15-6-13(17(2,18)19)21-8-22-15/h5-8,10H,3-4H2,1-2H3,(H,20,23,26). The van der Waals surface area contributed by atoms with Crippen LogP contribution in [0.5, 0.6) is 0 Å². The first-order valence-electron chi connectivity index (χ1n) is 8.20. The van der Waals surface area contributed by atoms with Crippen LogP contribution in [-0.4, -0.2) is 30.6 Å². The van der Waals surface area contributed by atoms with E-state index in [4.69, 9.17) is 0 Å². The van der Waals surface area contributed by atoms with Gasteiger partial charge in [0.15, 0.2) is 5.82 Å². The minimum Gasteiger partial charge on any atom is -0.311 e. The Labute approximate surface area is 147 Å². The molecule has 9 heteroatoms. The van der Waals surface area contributed by atoms with Gasteiger partial charge in [-0.3, -0.25) is 4.79 Å². The number of aromatic nitrogens is 5. The second-order valence-electron chi connectivity index (χ2n) is 6.49. The molecule has 0 aliphatic heterocycles. The lowest BCUT2D eigenvalue weighted by atomic mass is 10.2. The van der Waals surface area contributed by atoms with Crippen LogP contribution in [0.2, 0.25) is 0 Å². The Morgan fingerprint density at radius 1 is 1.27 bits per heavy atom. The number of nitrogens with one attached hydrogen (secondary N) is 1. The number of carbonyl (C=O) groups is 1. The minimum atomic E-state index is -3.08. The summed E-state index contributed by atoms with van der Waals surface area (Å²) in [6.07, 6.45) is 4.81. The number of pyridine rings is 1. The normalized spacial score (nSPS) is 14.6. The molecule has 1 aliphatic carbocycles. The number of fused-ring (bicyclic) bond motifs is 1. The van der Waals surface area contributed by atoms with E-state index in [9.17, 15) is 13.6 Å². The minimum absolute atomic E-state index is 0.244. The van der Waals surface area contributed by atoms with Crippen LogP contribution in [-0.2, 0) is 10.7 Å². The number of amides is 1. The fourth-order valence-corrected chi connectivity index (χ4v) is 2.82. The van der Waals surface area contributed by atoms with Crippen LogP contribution in [0.4, 0.5) is 14.6 Å². The van der Waals surface area contributed by atoms with E-state index in [0.29, 0.717) is 17.3 Å². The Bertz CT molecular complexity index is 1010. The number of rotatable bonds is 4. The molecule has 3 aromatic heterocycles. The highest BCUT2D eigenvalue weighted by Crippen LogP contribution is 2.43. The molecule has 0 saturated heterocycles. The van der Waals surface area contributed by atoms with Crippen molar-refractivity contribution >= 4 is 22.6 Å². The van der Waals surface area contributed by atoms with Crippen molar-refractivity contribution in [2.75, 3.05) is 5.32 Å². The second-order valence-corrected chi connectivity index (χ2v) is 6.49. The third kappa shape index (κ3) is 3.00. The van der Waals surface area contributed by atoms with E-state index in [1.807, 2.05) is 0 Å². The topological polar surface area (TPSA) is 85.6 Å². The van der Waals surface area contributed by atoms with Crippen LogP contribution in [0.3, 0.4) is 0 Å². The molecule has 26 heavy (non-hydrogen) atoms. The molecule has 134 valence electrons. The highest BCUT2D eigenvalue weighted by molar-refractivity contribution is 5.91. The van der Waals surface area contributed by atoms with E-state index in [-0.39, 0.29) is 17.4 Å². The molecular formula is C17H16F2N6O. The molecule has 1 fully saturated rings. The largest absolute Gasteiger partial charge is 0.311 e. The van der Waals surface area contributed by atoms with Gasteiger partial charge in [0, 0.05) is 43.5 Å². The fraction of sp³-hybridized carbons (Fsp3) is 0.353. The molecule has 3 aromatic rings. The number of carbonyl (C=O) groups excluding carboxylic acids is 1. The molecule has 1 aliphatic rings. The molecule has 1 amide bonds. The summed E-state index contributed by atoms with van der Waals surface area (Å²) in [5.74, 6) is -2.39. The molecule has 0 bridgehead atoms. The van der Waals surface area contributed by atoms with Gasteiger partial charge in [-0.15, -0.1) is 0 Å². The van der Waals surface area contributed by atoms with E-state index >= 15 is 0 Å². The Kier molecular flexibility index (Phi) is 3.67. The van der Waals surface area contributed by atoms with Crippen LogP contribution in [0.1, 0.15) is 44.0 Å². The summed E-state index contributed by atoms with van der Waals surface area (Å²) in [4.78, 5) is 23.3. The summed E-state index contributed by atoms with van der Waals surface area (Å²) in [5.41, 5.74) is 1.13. The summed E-state index contributed by atoms with van der Waals surface area (Å²) in [6.45, 7) is 2.17. The quantitative estimate of drug-likeness (QED) is 0.774. The number of anilines is 1. The van der Waals surface area contributed by atoms with E-state index in [2.05, 4.69) is 25.4 Å². The van der Waals surface area contributed by atoms with Crippen LogP contribution < -0.4 is 5.32 Å². The summed E-state index contributed by atoms with van der Waals surface area (Å²) in [6, 6.07) is 2.89. The molecule has 1 saturated carbocycles. The Morgan fingerprint density at radius 3 is 2.69 bits per heavy atom. The zero-order valence-electron chi connectivity index (χ0n) is 14.2. The average molecular weight is 358 g/mol. The van der Waals surface area contributed by atoms with Gasteiger partial charge in [-0.2, -0.15) is 13.9 Å². The van der Waals surface area contributed by atoms with E-state index in [1.54, 1.807) is 12.3 Å². The zero-order valence-corrected chi connectivity index (χ0v) is 14.2. The maximum Gasteiger partial charge on any atom is 0.287 e. The van der Waals surface area contributed by atoms with Gasteiger partial charge >= 0.3 is 0 Å². The maximum absolute atomic E-state index is 13.6. The van der Waals surface area contributed by atoms with Gasteiger partial charge in [0.25, 0.3) is 5.92 Å². The Morgan fingerprint density at radius 2 is 2.04 bits per heavy atom. The number of nitrogens with zero attached hydrogens (tertiary/aromatic N) is 5. The first-order chi connectivity index (χ1) is 12.3. The van der Waals surface area contributed by atoms with Gasteiger partial charge in [0.05, 0.1) is 11.2 Å². The van der Waals surface area contributed by atoms with Crippen molar-refractivity contribution in [2.24, 2.45) is 0 Å². The van der Waals surface area contributed by atoms with Gasteiger partial charge < -0.3 is 5.32 Å². The molecule has 0 unspecified atom stereocenters. The average Bonchev–Trinajstić information content (AvgIpc) is 3.35. The van der Waals surface area contributed by atoms with E-state index in [0.717, 1.165) is 37.2 Å². The summed E-state index contributed by atoms with van der Waals surface area (Å²) >= 11 is 0. The van der Waals surface area contributed by atoms with Crippen molar-refractivity contribution in [1.29, 1.82) is 0 Å². The van der Waals surface area contributed by atoms with Crippen LogP contribution in [0.15, 0.2) is 24.7 Å². The zero-order chi connectivity index (χ0) is 18.5. The van der Waals surface area contributed by atoms with Crippen LogP contribution in [0.25, 0.3) is 16.7 Å². The second kappa shape index (κ2) is 5.79. The highest BCUT2D eigenvalue weighted by atomic mass is 19.3. The molecular weight excluding hydrogens is 342 g/mol. The predicted molar refractivity (Wildman–Crippen MR) is 90.3 cm³/mol. The Balaban J connectivity index is 1.89. The number of halogens is 2. The lowest BCUT2D eigenvalue weighted by Crippen LogP contribution is -2.12. The van der Waals surface area contributed by atoms with Crippen molar-refractivity contribution in [2.45, 2.75) is 38.5 Å². The molecule has 1 N–H and O–H groups in total. The lowest BCUT2D eigenvalue weighted by molar-refractivity contribution is -0.114. The number of alkyl halides is 2. The Hall–Kier alpha value is -2.97. The van der Waals surface area contributed by atoms with Gasteiger partial charge in [-0.1, -0.05) is 0 Å². The lowest BCUT2D eigenvalue weighted by Gasteiger charge is -2.10. The summed E-state index contributed by atoms with van der Waals surface area (Å²) in [5, 5.41) is 8.04. The smallest absolute Gasteiger partial charge is 0.287 e. The number of hydrogen-bond donors (Lipinski definition) is 1. The predicted octanol–water partition coefficient (Wildman–Crippen LogP) is 3.16. The molecule has 0 spiro atoms. The van der Waals surface area contributed by atoms with Gasteiger partial charge in [0.1, 0.15) is 17.8 Å². The SMILES string of the molecule is CC(=O)Nc1cc2c(cn1)c(C1CC1)nn2-c1cc(C(C)(F)F)ncn1. The summed E-state index contributed by atoms with van der Waals surface area (Å²) < 4.78 is 28.8. The number of hydrogen-bond acceptors (Lipinski definition) is 5. The first kappa shape index (κ1) is 16.5. The van der Waals surface area contributed by atoms with Crippen LogP contribution >= 0.6 is 0 Å². The molecule has 0 aromatic carbocycles. The van der Waals surface area contributed by atoms with Gasteiger partial charge in [-0.25, -0.2) is 19.6 Å². The van der Waals surface area contributed by atoms with Crippen molar-refractivity contribution < 1.29 is 13.6 Å². The van der Waals surface area contributed by atoms with Crippen molar-refractivity contribution in [1.82, 2.24) is 24.7 Å². The third-order valence-corrected chi connectivity index (χ3v) is 4.18. The van der Waals surface area contributed by atoms with Crippen molar-refractivity contribution in [3.05, 3.63) is 36.0 Å². The van der Waals surface area contributed by atoms with Crippen LogP contribution in [0, 0.1) is 0 Å². The fourth-order valence-electron chi connectivity index (χ4n) is 2.82. The monoisotopic (exact) mass is 358 g/mol. The molecule has 7 nitrogen and oxygen atoms in total. The first-order valence-corrected chi connectivity index (χ1v) is 8.20. The van der Waals surface area contributed by atoms with Crippen molar-refractivity contribution in [3.63, 3.8) is 0 Å². The highest BCUT2D eigenvalue weighted by Gasteiger charge is 2.31. The molecule has 0 atom stereocenters. The van der Waals surface area contributed by atoms with E-state index in [1.165, 1.54) is 17.7 Å². The maximum atomic E-state index is 13.6.